The summed E-state index contributed by atoms with van der Waals surface area (Å²) in [7, 11) is 0. The lowest BCUT2D eigenvalue weighted by Crippen LogP contribution is -1.93. The van der Waals surface area contributed by atoms with E-state index in [4.69, 9.17) is 0 Å². The Morgan fingerprint density at radius 3 is 2.07 bits per heavy atom. The van der Waals surface area contributed by atoms with E-state index in [-0.39, 0.29) is 0 Å². The molecule has 1 aromatic rings. The summed E-state index contributed by atoms with van der Waals surface area (Å²) in [6.45, 7) is 14.5. The summed E-state index contributed by atoms with van der Waals surface area (Å²) >= 11 is 0. The third-order valence-electron chi connectivity index (χ3n) is 1.85. The van der Waals surface area contributed by atoms with Crippen molar-refractivity contribution in [3.05, 3.63) is 29.6 Å². The molecule has 0 unspecified atom stereocenters. The second-order valence-corrected chi connectivity index (χ2v) is 3.10. The molecule has 0 N–H and O–H groups in total. The van der Waals surface area contributed by atoms with Crippen molar-refractivity contribution in [3.63, 3.8) is 0 Å². The highest BCUT2D eigenvalue weighted by Gasteiger charge is 1.99. The van der Waals surface area contributed by atoms with Gasteiger partial charge in [-0.05, 0) is 30.0 Å². The first kappa shape index (κ1) is 16.6. The van der Waals surface area contributed by atoms with Gasteiger partial charge in [0.15, 0.2) is 0 Å². The van der Waals surface area contributed by atoms with Gasteiger partial charge in [0.25, 0.3) is 0 Å². The van der Waals surface area contributed by atoms with Crippen LogP contribution in [0.1, 0.15) is 65.6 Å². The molecule has 15 heavy (non-hydrogen) atoms. The SMILES string of the molecule is CC.CC.CCc1ccnc(C(C)C)c1. The van der Waals surface area contributed by atoms with E-state index >= 15 is 0 Å². The van der Waals surface area contributed by atoms with Gasteiger partial charge in [0, 0.05) is 11.9 Å². The number of hydrogen-bond acceptors (Lipinski definition) is 1. The molecule has 1 heterocycles. The van der Waals surface area contributed by atoms with Crippen molar-refractivity contribution in [2.24, 2.45) is 0 Å². The van der Waals surface area contributed by atoms with Crippen LogP contribution in [-0.2, 0) is 6.42 Å². The first-order valence-electron chi connectivity index (χ1n) is 6.19. The fraction of sp³-hybridized carbons (Fsp3) is 0.643. The van der Waals surface area contributed by atoms with Crippen LogP contribution in [0.5, 0.6) is 0 Å². The molecule has 0 amide bonds. The molecule has 0 aromatic carbocycles. The Morgan fingerprint density at radius 2 is 1.67 bits per heavy atom. The van der Waals surface area contributed by atoms with Crippen LogP contribution in [0.4, 0.5) is 0 Å². The first-order chi connectivity index (χ1) is 7.24. The summed E-state index contributed by atoms with van der Waals surface area (Å²) in [5, 5.41) is 0. The number of aryl methyl sites for hydroxylation is 1. The van der Waals surface area contributed by atoms with E-state index in [0.29, 0.717) is 5.92 Å². The van der Waals surface area contributed by atoms with E-state index in [2.05, 4.69) is 37.9 Å². The van der Waals surface area contributed by atoms with Crippen molar-refractivity contribution in [1.29, 1.82) is 0 Å². The summed E-state index contributed by atoms with van der Waals surface area (Å²) in [6, 6.07) is 4.26. The highest BCUT2D eigenvalue weighted by atomic mass is 14.7. The van der Waals surface area contributed by atoms with Gasteiger partial charge in [-0.15, -0.1) is 0 Å². The Morgan fingerprint density at radius 1 is 1.13 bits per heavy atom. The van der Waals surface area contributed by atoms with E-state index in [0.717, 1.165) is 6.42 Å². The molecule has 0 saturated heterocycles. The van der Waals surface area contributed by atoms with Crippen molar-refractivity contribution in [1.82, 2.24) is 4.98 Å². The van der Waals surface area contributed by atoms with Gasteiger partial charge in [-0.1, -0.05) is 48.5 Å². The van der Waals surface area contributed by atoms with Gasteiger partial charge in [-0.25, -0.2) is 0 Å². The Kier molecular flexibility index (Phi) is 12.4. The largest absolute Gasteiger partial charge is 0.261 e. The minimum atomic E-state index is 0.543. The van der Waals surface area contributed by atoms with Crippen LogP contribution in [0, 0.1) is 0 Å². The maximum Gasteiger partial charge on any atom is 0.0431 e. The van der Waals surface area contributed by atoms with Crippen LogP contribution < -0.4 is 0 Å². The Balaban J connectivity index is 0. The van der Waals surface area contributed by atoms with Crippen molar-refractivity contribution in [2.45, 2.75) is 60.8 Å². The van der Waals surface area contributed by atoms with E-state index in [1.807, 2.05) is 33.9 Å². The number of nitrogens with zero attached hydrogens (tertiary/aromatic N) is 1. The third kappa shape index (κ3) is 7.12. The van der Waals surface area contributed by atoms with Gasteiger partial charge < -0.3 is 0 Å². The molecule has 88 valence electrons. The Bertz CT molecular complexity index is 229. The summed E-state index contributed by atoms with van der Waals surface area (Å²) in [5.41, 5.74) is 2.58. The van der Waals surface area contributed by atoms with Crippen molar-refractivity contribution >= 4 is 0 Å². The van der Waals surface area contributed by atoms with E-state index < -0.39 is 0 Å². The maximum atomic E-state index is 4.29. The maximum absolute atomic E-state index is 4.29. The normalized spacial score (nSPS) is 8.53. The average Bonchev–Trinajstić information content (AvgIpc) is 2.34. The van der Waals surface area contributed by atoms with Gasteiger partial charge in [0.05, 0.1) is 0 Å². The molecule has 1 rings (SSSR count). The van der Waals surface area contributed by atoms with Crippen molar-refractivity contribution < 1.29 is 0 Å². The lowest BCUT2D eigenvalue weighted by atomic mass is 10.1. The summed E-state index contributed by atoms with van der Waals surface area (Å²) < 4.78 is 0. The molecule has 0 aliphatic heterocycles. The molecule has 0 aliphatic carbocycles. The number of rotatable bonds is 2. The van der Waals surface area contributed by atoms with E-state index in [9.17, 15) is 0 Å². The number of aromatic nitrogens is 1. The molecular formula is C14H27N. The summed E-state index contributed by atoms with van der Waals surface area (Å²) in [5.74, 6) is 0.543. The van der Waals surface area contributed by atoms with Gasteiger partial charge in [-0.3, -0.25) is 4.98 Å². The van der Waals surface area contributed by atoms with E-state index in [1.54, 1.807) is 0 Å². The molecule has 0 atom stereocenters. The van der Waals surface area contributed by atoms with Gasteiger partial charge in [0.2, 0.25) is 0 Å². The van der Waals surface area contributed by atoms with E-state index in [1.165, 1.54) is 11.3 Å². The minimum absolute atomic E-state index is 0.543. The van der Waals surface area contributed by atoms with Crippen LogP contribution in [0.2, 0.25) is 0 Å². The topological polar surface area (TPSA) is 12.9 Å². The number of pyridine rings is 1. The molecule has 0 spiro atoms. The monoisotopic (exact) mass is 209 g/mol. The van der Waals surface area contributed by atoms with Gasteiger partial charge >= 0.3 is 0 Å². The molecule has 0 aliphatic rings. The first-order valence-corrected chi connectivity index (χ1v) is 6.19. The van der Waals surface area contributed by atoms with Crippen LogP contribution in [-0.4, -0.2) is 4.98 Å². The second kappa shape index (κ2) is 11.2. The zero-order chi connectivity index (χ0) is 12.3. The molecule has 1 heteroatoms. The molecule has 0 bridgehead atoms. The smallest absolute Gasteiger partial charge is 0.0431 e. The number of hydrogen-bond donors (Lipinski definition) is 0. The molecule has 0 radical (unpaired) electrons. The fourth-order valence-electron chi connectivity index (χ4n) is 1.03. The second-order valence-electron chi connectivity index (χ2n) is 3.10. The highest BCUT2D eigenvalue weighted by Crippen LogP contribution is 2.12. The minimum Gasteiger partial charge on any atom is -0.261 e. The molecular weight excluding hydrogens is 182 g/mol. The zero-order valence-corrected chi connectivity index (χ0v) is 11.5. The highest BCUT2D eigenvalue weighted by molar-refractivity contribution is 5.18. The molecule has 1 aromatic heterocycles. The van der Waals surface area contributed by atoms with Gasteiger partial charge in [-0.2, -0.15) is 0 Å². The summed E-state index contributed by atoms with van der Waals surface area (Å²) in [4.78, 5) is 4.29. The summed E-state index contributed by atoms with van der Waals surface area (Å²) in [6.07, 6.45) is 3.00. The third-order valence-corrected chi connectivity index (χ3v) is 1.85. The zero-order valence-electron chi connectivity index (χ0n) is 11.5. The van der Waals surface area contributed by atoms with Crippen LogP contribution in [0.25, 0.3) is 0 Å². The fourth-order valence-corrected chi connectivity index (χ4v) is 1.03. The molecule has 0 fully saturated rings. The standard InChI is InChI=1S/C10H15N.2C2H6/c1-4-9-5-6-11-10(7-9)8(2)3;2*1-2/h5-8H,4H2,1-3H3;2*1-2H3. The van der Waals surface area contributed by atoms with Crippen LogP contribution in [0.15, 0.2) is 18.3 Å². The molecule has 1 nitrogen and oxygen atoms in total. The quantitative estimate of drug-likeness (QED) is 0.680. The van der Waals surface area contributed by atoms with Crippen molar-refractivity contribution in [3.8, 4) is 0 Å². The Hall–Kier alpha value is -0.850. The predicted octanol–water partition coefficient (Wildman–Crippen LogP) is 4.82. The van der Waals surface area contributed by atoms with Gasteiger partial charge in [0.1, 0.15) is 0 Å². The lowest BCUT2D eigenvalue weighted by Gasteiger charge is -2.04. The molecule has 0 saturated carbocycles. The lowest BCUT2D eigenvalue weighted by molar-refractivity contribution is 0.818. The average molecular weight is 209 g/mol. The van der Waals surface area contributed by atoms with Crippen molar-refractivity contribution in [2.75, 3.05) is 0 Å². The predicted molar refractivity (Wildman–Crippen MR) is 70.4 cm³/mol. The Labute approximate surface area is 95.9 Å². The van der Waals surface area contributed by atoms with Crippen LogP contribution >= 0.6 is 0 Å². The van der Waals surface area contributed by atoms with Crippen LogP contribution in [0.3, 0.4) is 0 Å².